The zero-order valence-electron chi connectivity index (χ0n) is 19.7. The summed E-state index contributed by atoms with van der Waals surface area (Å²) >= 11 is 0. The summed E-state index contributed by atoms with van der Waals surface area (Å²) in [4.78, 5) is 6.85. The topological polar surface area (TPSA) is 94.8 Å². The van der Waals surface area contributed by atoms with E-state index < -0.39 is 36.7 Å². The quantitative estimate of drug-likeness (QED) is 0.595. The fraction of sp³-hybridized carbons (Fsp3) is 0.500. The van der Waals surface area contributed by atoms with Crippen LogP contribution in [0.3, 0.4) is 0 Å². The van der Waals surface area contributed by atoms with E-state index in [4.69, 9.17) is 14.5 Å². The molecule has 7 heteroatoms. The molecule has 0 aliphatic carbocycles. The van der Waals surface area contributed by atoms with Gasteiger partial charge in [0.2, 0.25) is 5.72 Å². The first-order valence-corrected chi connectivity index (χ1v) is 11.6. The summed E-state index contributed by atoms with van der Waals surface area (Å²) in [5.41, 5.74) is 4.00. The monoisotopic (exact) mass is 454 g/mol. The number of aryl methyl sites for hydroxylation is 1. The van der Waals surface area contributed by atoms with Crippen LogP contribution in [0.15, 0.2) is 47.5 Å². The van der Waals surface area contributed by atoms with Crippen molar-refractivity contribution in [3.63, 3.8) is 0 Å². The van der Waals surface area contributed by atoms with Crippen molar-refractivity contribution in [3.8, 4) is 0 Å². The predicted molar refractivity (Wildman–Crippen MR) is 128 cm³/mol. The molecule has 0 amide bonds. The third kappa shape index (κ3) is 4.38. The van der Waals surface area contributed by atoms with Crippen molar-refractivity contribution in [1.82, 2.24) is 0 Å². The second kappa shape index (κ2) is 9.43. The normalized spacial score (nSPS) is 28.8. The van der Waals surface area contributed by atoms with Crippen LogP contribution < -0.4 is 4.90 Å². The summed E-state index contributed by atoms with van der Waals surface area (Å²) in [6.45, 7) is 3.66. The van der Waals surface area contributed by atoms with Crippen molar-refractivity contribution in [2.45, 2.75) is 63.3 Å². The van der Waals surface area contributed by atoms with Gasteiger partial charge in [-0.1, -0.05) is 37.3 Å². The van der Waals surface area contributed by atoms with Gasteiger partial charge in [-0.25, -0.2) is 4.99 Å². The maximum atomic E-state index is 10.8. The molecule has 0 aromatic heterocycles. The van der Waals surface area contributed by atoms with E-state index in [2.05, 4.69) is 36.1 Å². The largest absolute Gasteiger partial charge is 0.469 e. The lowest BCUT2D eigenvalue weighted by atomic mass is 9.85. The lowest BCUT2D eigenvalue weighted by molar-refractivity contribution is -0.262. The Balaban J connectivity index is 1.72. The first-order chi connectivity index (χ1) is 15.8. The van der Waals surface area contributed by atoms with E-state index in [9.17, 15) is 15.3 Å². The Bertz CT molecular complexity index is 1010. The van der Waals surface area contributed by atoms with Gasteiger partial charge in [0, 0.05) is 31.8 Å². The van der Waals surface area contributed by atoms with Gasteiger partial charge in [-0.15, -0.1) is 0 Å². The van der Waals surface area contributed by atoms with E-state index in [1.165, 1.54) is 5.56 Å². The van der Waals surface area contributed by atoms with Crippen LogP contribution in [0.5, 0.6) is 0 Å². The summed E-state index contributed by atoms with van der Waals surface area (Å²) in [6.07, 6.45) is -2.19. The Morgan fingerprint density at radius 1 is 1.06 bits per heavy atom. The Labute approximate surface area is 195 Å². The summed E-state index contributed by atoms with van der Waals surface area (Å²) in [5, 5.41) is 31.1. The standard InChI is InChI=1S/C26H34N2O5/c1-5-6-22-27-26(25(32-22)24(31)23(30)21(15-29)33-26)19-10-7-16(2)18(14-19)13-17-8-11-20(12-9-17)28(3)4/h7-12,14,21,23-25,29-31H,5-6,13,15H2,1-4H3/t21-,23-,24+,25?,26?/m1/s1. The molecule has 0 bridgehead atoms. The molecule has 3 N–H and O–H groups in total. The predicted octanol–water partition coefficient (Wildman–Crippen LogP) is 2.51. The average Bonchev–Trinajstić information content (AvgIpc) is 3.18. The van der Waals surface area contributed by atoms with Gasteiger partial charge >= 0.3 is 0 Å². The van der Waals surface area contributed by atoms with E-state index in [0.29, 0.717) is 12.3 Å². The van der Waals surface area contributed by atoms with Crippen LogP contribution in [-0.2, 0) is 21.6 Å². The summed E-state index contributed by atoms with van der Waals surface area (Å²) < 4.78 is 12.2. The van der Waals surface area contributed by atoms with Gasteiger partial charge < -0.3 is 29.7 Å². The molecule has 0 radical (unpaired) electrons. The number of aliphatic hydroxyl groups excluding tert-OH is 3. The lowest BCUT2D eigenvalue weighted by Crippen LogP contribution is -2.61. The Morgan fingerprint density at radius 2 is 1.79 bits per heavy atom. The molecule has 1 fully saturated rings. The minimum Gasteiger partial charge on any atom is -0.469 e. The lowest BCUT2D eigenvalue weighted by Gasteiger charge is -2.44. The maximum absolute atomic E-state index is 10.8. The molecule has 5 atom stereocenters. The van der Waals surface area contributed by atoms with Gasteiger partial charge in [-0.2, -0.15) is 0 Å². The highest BCUT2D eigenvalue weighted by atomic mass is 16.6. The molecular weight excluding hydrogens is 420 g/mol. The van der Waals surface area contributed by atoms with Gasteiger partial charge in [-0.05, 0) is 48.6 Å². The molecule has 0 saturated carbocycles. The van der Waals surface area contributed by atoms with Crippen LogP contribution in [0.2, 0.25) is 0 Å². The highest BCUT2D eigenvalue weighted by molar-refractivity contribution is 5.79. The Morgan fingerprint density at radius 3 is 2.42 bits per heavy atom. The number of hydrogen-bond donors (Lipinski definition) is 3. The smallest absolute Gasteiger partial charge is 0.228 e. The number of aliphatic imine (C=N–C) groups is 1. The van der Waals surface area contributed by atoms with Crippen molar-refractivity contribution in [3.05, 3.63) is 64.7 Å². The van der Waals surface area contributed by atoms with Crippen molar-refractivity contribution in [2.24, 2.45) is 4.99 Å². The molecule has 178 valence electrons. The van der Waals surface area contributed by atoms with Gasteiger partial charge in [0.25, 0.3) is 0 Å². The van der Waals surface area contributed by atoms with E-state index in [0.717, 1.165) is 35.2 Å². The molecule has 1 saturated heterocycles. The third-order valence-corrected chi connectivity index (χ3v) is 6.57. The minimum atomic E-state index is -1.31. The summed E-state index contributed by atoms with van der Waals surface area (Å²) in [5.74, 6) is 0.494. The van der Waals surface area contributed by atoms with Crippen LogP contribution in [-0.4, -0.2) is 66.3 Å². The second-order valence-corrected chi connectivity index (χ2v) is 9.19. The van der Waals surface area contributed by atoms with Crippen molar-refractivity contribution in [1.29, 1.82) is 0 Å². The molecule has 33 heavy (non-hydrogen) atoms. The Hall–Kier alpha value is -2.45. The first-order valence-electron chi connectivity index (χ1n) is 11.6. The van der Waals surface area contributed by atoms with Crippen molar-refractivity contribution < 1.29 is 24.8 Å². The molecule has 4 rings (SSSR count). The van der Waals surface area contributed by atoms with E-state index in [1.54, 1.807) is 0 Å². The highest BCUT2D eigenvalue weighted by Crippen LogP contribution is 2.45. The fourth-order valence-electron chi connectivity index (χ4n) is 4.58. The Kier molecular flexibility index (Phi) is 6.77. The third-order valence-electron chi connectivity index (χ3n) is 6.57. The molecular formula is C26H34N2O5. The summed E-state index contributed by atoms with van der Waals surface area (Å²) in [7, 11) is 4.04. The van der Waals surface area contributed by atoms with Crippen LogP contribution in [0.25, 0.3) is 0 Å². The number of hydrogen-bond acceptors (Lipinski definition) is 7. The number of aliphatic hydroxyl groups is 3. The molecule has 0 spiro atoms. The van der Waals surface area contributed by atoms with Crippen LogP contribution in [0.4, 0.5) is 5.69 Å². The molecule has 2 aromatic carbocycles. The van der Waals surface area contributed by atoms with Crippen molar-refractivity contribution in [2.75, 3.05) is 25.6 Å². The zero-order valence-corrected chi connectivity index (χ0v) is 19.7. The van der Waals surface area contributed by atoms with Crippen LogP contribution in [0.1, 0.15) is 42.0 Å². The van der Waals surface area contributed by atoms with E-state index in [1.807, 2.05) is 39.2 Å². The fourth-order valence-corrected chi connectivity index (χ4v) is 4.58. The van der Waals surface area contributed by atoms with Crippen LogP contribution in [0, 0.1) is 6.92 Å². The SMILES string of the molecule is CCCC1=NC2(c3ccc(C)c(Cc4ccc(N(C)C)cc4)c3)O[C@H](CO)[C@@H](O)[C@H](O)C2O1. The first kappa shape index (κ1) is 23.7. The van der Waals surface area contributed by atoms with Gasteiger partial charge in [0.15, 0.2) is 12.0 Å². The van der Waals surface area contributed by atoms with E-state index in [-0.39, 0.29) is 0 Å². The van der Waals surface area contributed by atoms with Gasteiger partial charge in [0.1, 0.15) is 18.3 Å². The van der Waals surface area contributed by atoms with E-state index >= 15 is 0 Å². The molecule has 7 nitrogen and oxygen atoms in total. The zero-order chi connectivity index (χ0) is 23.8. The number of anilines is 1. The van der Waals surface area contributed by atoms with Gasteiger partial charge in [-0.3, -0.25) is 0 Å². The maximum Gasteiger partial charge on any atom is 0.228 e. The number of nitrogens with zero attached hydrogens (tertiary/aromatic N) is 2. The van der Waals surface area contributed by atoms with Crippen molar-refractivity contribution >= 4 is 11.6 Å². The number of fused-ring (bicyclic) bond motifs is 1. The molecule has 2 aliphatic heterocycles. The number of ether oxygens (including phenoxy) is 2. The highest BCUT2D eigenvalue weighted by Gasteiger charge is 2.60. The number of benzene rings is 2. The number of rotatable bonds is 7. The van der Waals surface area contributed by atoms with Gasteiger partial charge in [0.05, 0.1) is 6.61 Å². The minimum absolute atomic E-state index is 0.428. The summed E-state index contributed by atoms with van der Waals surface area (Å²) in [6, 6.07) is 14.4. The average molecular weight is 455 g/mol. The molecule has 2 heterocycles. The molecule has 2 aromatic rings. The molecule has 2 unspecified atom stereocenters. The molecule has 2 aliphatic rings. The second-order valence-electron chi connectivity index (χ2n) is 9.19. The van der Waals surface area contributed by atoms with Crippen LogP contribution >= 0.6 is 0 Å².